The van der Waals surface area contributed by atoms with Crippen LogP contribution in [0.2, 0.25) is 15.1 Å². The van der Waals surface area contributed by atoms with E-state index in [0.717, 1.165) is 4.90 Å². The summed E-state index contributed by atoms with van der Waals surface area (Å²) in [6.45, 7) is 0. The lowest BCUT2D eigenvalue weighted by atomic mass is 9.94. The number of aliphatic hydroxyl groups excluding tert-OH is 1. The number of ether oxygens (including phenoxy) is 2. The maximum absolute atomic E-state index is 13.7. The number of halogens is 4. The van der Waals surface area contributed by atoms with Gasteiger partial charge in [-0.25, -0.2) is 4.39 Å². The highest BCUT2D eigenvalue weighted by Crippen LogP contribution is 2.45. The molecule has 1 N–H and O–H groups in total. The van der Waals surface area contributed by atoms with E-state index in [1.165, 1.54) is 68.8 Å². The number of hydrogen-bond acceptors (Lipinski definition) is 5. The molecule has 3 aromatic rings. The largest absolute Gasteiger partial charge is 0.507 e. The first-order valence-corrected chi connectivity index (χ1v) is 11.2. The standard InChI is InChI=1S/C25H17Cl3FNO5/c1-34-19-11-20(35-2)18(28)10-17(19)23(31)21-22(12-3-5-15(29)6-4-12)30(25(33)24(21)32)16-8-13(26)7-14(27)9-16/h3-11,22,31H,1-2H3/b23-21+. The first kappa shape index (κ1) is 24.9. The third kappa shape index (κ3) is 4.55. The molecule has 0 spiro atoms. The van der Waals surface area contributed by atoms with E-state index in [2.05, 4.69) is 0 Å². The molecule has 1 saturated heterocycles. The van der Waals surface area contributed by atoms with E-state index in [4.69, 9.17) is 44.3 Å². The Morgan fingerprint density at radius 3 is 2.09 bits per heavy atom. The molecule has 10 heteroatoms. The Hall–Kier alpha value is -3.26. The number of hydrogen-bond donors (Lipinski definition) is 1. The minimum absolute atomic E-state index is 0.0625. The van der Waals surface area contributed by atoms with Crippen molar-refractivity contribution in [3.8, 4) is 11.5 Å². The van der Waals surface area contributed by atoms with E-state index in [-0.39, 0.29) is 43.4 Å². The lowest BCUT2D eigenvalue weighted by Crippen LogP contribution is -2.29. The number of ketones is 1. The number of aliphatic hydroxyl groups is 1. The molecule has 1 unspecified atom stereocenters. The van der Waals surface area contributed by atoms with Crippen molar-refractivity contribution < 1.29 is 28.6 Å². The molecule has 1 fully saturated rings. The van der Waals surface area contributed by atoms with Crippen LogP contribution in [-0.2, 0) is 9.59 Å². The van der Waals surface area contributed by atoms with Crippen molar-refractivity contribution in [1.82, 2.24) is 0 Å². The highest BCUT2D eigenvalue weighted by Gasteiger charge is 2.47. The molecular formula is C25H17Cl3FNO5. The fourth-order valence-electron chi connectivity index (χ4n) is 3.93. The van der Waals surface area contributed by atoms with Gasteiger partial charge in [0.15, 0.2) is 0 Å². The van der Waals surface area contributed by atoms with Crippen LogP contribution in [0.25, 0.3) is 5.76 Å². The molecule has 3 aromatic carbocycles. The number of rotatable bonds is 5. The van der Waals surface area contributed by atoms with Crippen LogP contribution in [0.3, 0.4) is 0 Å². The van der Waals surface area contributed by atoms with Crippen molar-refractivity contribution in [3.63, 3.8) is 0 Å². The van der Waals surface area contributed by atoms with Crippen molar-refractivity contribution in [2.75, 3.05) is 19.1 Å². The van der Waals surface area contributed by atoms with Gasteiger partial charge in [-0.2, -0.15) is 0 Å². The molecule has 1 heterocycles. The summed E-state index contributed by atoms with van der Waals surface area (Å²) < 4.78 is 24.2. The summed E-state index contributed by atoms with van der Waals surface area (Å²) in [6.07, 6.45) is 0. The highest BCUT2D eigenvalue weighted by atomic mass is 35.5. The predicted octanol–water partition coefficient (Wildman–Crippen LogP) is 6.43. The maximum atomic E-state index is 13.7. The molecular weight excluding hydrogens is 520 g/mol. The van der Waals surface area contributed by atoms with Crippen LogP contribution < -0.4 is 14.4 Å². The Labute approximate surface area is 215 Å². The molecule has 35 heavy (non-hydrogen) atoms. The molecule has 0 saturated carbocycles. The average molecular weight is 537 g/mol. The van der Waals surface area contributed by atoms with E-state index in [9.17, 15) is 19.1 Å². The van der Waals surface area contributed by atoms with Gasteiger partial charge in [-0.1, -0.05) is 46.9 Å². The molecule has 0 bridgehead atoms. The van der Waals surface area contributed by atoms with E-state index in [1.54, 1.807) is 0 Å². The monoisotopic (exact) mass is 535 g/mol. The van der Waals surface area contributed by atoms with Gasteiger partial charge >= 0.3 is 0 Å². The molecule has 4 rings (SSSR count). The third-order valence-corrected chi connectivity index (χ3v) is 6.22. The number of amides is 1. The van der Waals surface area contributed by atoms with Crippen LogP contribution in [0.5, 0.6) is 11.5 Å². The summed E-state index contributed by atoms with van der Waals surface area (Å²) in [7, 11) is 2.78. The minimum atomic E-state index is -1.13. The Bertz CT molecular complexity index is 1350. The van der Waals surface area contributed by atoms with Gasteiger partial charge in [0.1, 0.15) is 23.1 Å². The number of carbonyl (C=O) groups excluding carboxylic acids is 2. The number of nitrogens with zero attached hydrogens (tertiary/aromatic N) is 1. The van der Waals surface area contributed by atoms with Crippen molar-refractivity contribution in [1.29, 1.82) is 0 Å². The van der Waals surface area contributed by atoms with Crippen LogP contribution in [0.1, 0.15) is 17.2 Å². The number of carbonyl (C=O) groups is 2. The summed E-state index contributed by atoms with van der Waals surface area (Å²) in [5.74, 6) is -2.52. The van der Waals surface area contributed by atoms with Gasteiger partial charge in [-0.3, -0.25) is 14.5 Å². The van der Waals surface area contributed by atoms with Crippen molar-refractivity contribution in [2.24, 2.45) is 0 Å². The quantitative estimate of drug-likeness (QED) is 0.231. The molecule has 0 aromatic heterocycles. The Morgan fingerprint density at radius 2 is 1.51 bits per heavy atom. The number of methoxy groups -OCH3 is 2. The first-order valence-electron chi connectivity index (χ1n) is 10.1. The summed E-state index contributed by atoms with van der Waals surface area (Å²) in [4.78, 5) is 27.7. The van der Waals surface area contributed by atoms with Crippen molar-refractivity contribution in [2.45, 2.75) is 6.04 Å². The van der Waals surface area contributed by atoms with Gasteiger partial charge in [-0.15, -0.1) is 0 Å². The summed E-state index contributed by atoms with van der Waals surface area (Å²) in [5, 5.41) is 12.0. The molecule has 0 radical (unpaired) electrons. The Balaban J connectivity index is 2.00. The second kappa shape index (κ2) is 9.77. The van der Waals surface area contributed by atoms with Crippen molar-refractivity contribution >= 4 is 57.9 Å². The summed E-state index contributed by atoms with van der Waals surface area (Å²) >= 11 is 18.5. The molecule has 1 aliphatic heterocycles. The zero-order valence-electron chi connectivity index (χ0n) is 18.3. The van der Waals surface area contributed by atoms with Gasteiger partial charge in [-0.05, 0) is 42.0 Å². The first-order chi connectivity index (χ1) is 16.7. The number of anilines is 1. The highest BCUT2D eigenvalue weighted by molar-refractivity contribution is 6.52. The molecule has 180 valence electrons. The minimum Gasteiger partial charge on any atom is -0.507 e. The van der Waals surface area contributed by atoms with Crippen LogP contribution in [0, 0.1) is 5.82 Å². The van der Waals surface area contributed by atoms with Gasteiger partial charge in [0.05, 0.1) is 36.4 Å². The third-order valence-electron chi connectivity index (χ3n) is 5.48. The average Bonchev–Trinajstić information content (AvgIpc) is 3.08. The van der Waals surface area contributed by atoms with Gasteiger partial charge in [0, 0.05) is 21.8 Å². The van der Waals surface area contributed by atoms with Crippen molar-refractivity contribution in [3.05, 3.63) is 92.2 Å². The summed E-state index contributed by atoms with van der Waals surface area (Å²) in [5.41, 5.74) is 0.393. The smallest absolute Gasteiger partial charge is 0.300 e. The van der Waals surface area contributed by atoms with Gasteiger partial charge in [0.25, 0.3) is 11.7 Å². The fourth-order valence-corrected chi connectivity index (χ4v) is 4.68. The van der Waals surface area contributed by atoms with E-state index in [1.807, 2.05) is 0 Å². The van der Waals surface area contributed by atoms with E-state index < -0.39 is 29.3 Å². The van der Waals surface area contributed by atoms with E-state index >= 15 is 0 Å². The zero-order valence-corrected chi connectivity index (χ0v) is 20.6. The molecule has 1 atom stereocenters. The summed E-state index contributed by atoms with van der Waals surface area (Å²) in [6, 6.07) is 11.3. The molecule has 6 nitrogen and oxygen atoms in total. The van der Waals surface area contributed by atoms with E-state index in [0.29, 0.717) is 5.56 Å². The SMILES string of the molecule is COc1cc(OC)c(/C(O)=C2\C(=O)C(=O)N(c3cc(Cl)cc(Cl)c3)C2c2ccc(F)cc2)cc1Cl. The second-order valence-electron chi connectivity index (χ2n) is 7.54. The fraction of sp³-hybridized carbons (Fsp3) is 0.120. The predicted molar refractivity (Wildman–Crippen MR) is 132 cm³/mol. The number of benzene rings is 3. The normalized spacial score (nSPS) is 17.1. The van der Waals surface area contributed by atoms with Crippen LogP contribution >= 0.6 is 34.8 Å². The van der Waals surface area contributed by atoms with Gasteiger partial charge < -0.3 is 14.6 Å². The Kier molecular flexibility index (Phi) is 6.94. The lowest BCUT2D eigenvalue weighted by Gasteiger charge is -2.26. The van der Waals surface area contributed by atoms with Crippen LogP contribution in [-0.4, -0.2) is 31.0 Å². The number of Topliss-reactive ketones (excluding diaryl/α,β-unsaturated/α-hetero) is 1. The molecule has 0 aliphatic carbocycles. The maximum Gasteiger partial charge on any atom is 0.300 e. The lowest BCUT2D eigenvalue weighted by molar-refractivity contribution is -0.132. The second-order valence-corrected chi connectivity index (χ2v) is 8.82. The molecule has 1 amide bonds. The van der Waals surface area contributed by atoms with Gasteiger partial charge in [0.2, 0.25) is 0 Å². The molecule has 1 aliphatic rings. The van der Waals surface area contributed by atoms with Crippen LogP contribution in [0.4, 0.5) is 10.1 Å². The zero-order chi connectivity index (χ0) is 25.4. The Morgan fingerprint density at radius 1 is 0.914 bits per heavy atom. The topological polar surface area (TPSA) is 76.1 Å². The van der Waals surface area contributed by atoms with Crippen LogP contribution in [0.15, 0.2) is 60.2 Å².